The smallest absolute Gasteiger partial charge is 0.355 e. The van der Waals surface area contributed by atoms with Crippen LogP contribution in [0.15, 0.2) is 29.4 Å². The fraction of sp³-hybridized carbons (Fsp3) is 0.450. The Kier molecular flexibility index (Phi) is 6.39. The van der Waals surface area contributed by atoms with Gasteiger partial charge in [0.1, 0.15) is 10.8 Å². The molecule has 1 aliphatic heterocycles. The molecule has 0 radical (unpaired) electrons. The van der Waals surface area contributed by atoms with E-state index in [0.29, 0.717) is 6.07 Å². The lowest BCUT2D eigenvalue weighted by Gasteiger charge is -2.38. The van der Waals surface area contributed by atoms with E-state index in [1.165, 1.54) is 30.2 Å². The molecule has 0 aromatic carbocycles. The van der Waals surface area contributed by atoms with E-state index in [0.717, 1.165) is 13.2 Å². The van der Waals surface area contributed by atoms with Gasteiger partial charge in [-0.15, -0.1) is 0 Å². The van der Waals surface area contributed by atoms with Crippen molar-refractivity contribution in [3.63, 3.8) is 0 Å². The maximum Gasteiger partial charge on any atom is 0.418 e. The summed E-state index contributed by atoms with van der Waals surface area (Å²) in [6, 6.07) is 3.16. The highest BCUT2D eigenvalue weighted by Crippen LogP contribution is 2.38. The number of amides is 1. The van der Waals surface area contributed by atoms with E-state index in [9.17, 15) is 31.0 Å². The number of aryl methyl sites for hydroxylation is 1. The number of rotatable bonds is 4. The predicted octanol–water partition coefficient (Wildman–Crippen LogP) is 4.57. The summed E-state index contributed by atoms with van der Waals surface area (Å²) >= 11 is 0. The van der Waals surface area contributed by atoms with Crippen LogP contribution in [0.3, 0.4) is 0 Å². The summed E-state index contributed by atoms with van der Waals surface area (Å²) in [6.07, 6.45) is -2.98. The zero-order chi connectivity index (χ0) is 24.8. The number of carbonyl (C=O) groups is 1. The first-order valence-electron chi connectivity index (χ1n) is 9.82. The number of halogens is 5. The van der Waals surface area contributed by atoms with Crippen LogP contribution < -0.4 is 10.2 Å². The Morgan fingerprint density at radius 2 is 2.00 bits per heavy atom. The monoisotopic (exact) mass is 491 g/mol. The van der Waals surface area contributed by atoms with Gasteiger partial charge in [0.25, 0.3) is 11.8 Å². The van der Waals surface area contributed by atoms with Crippen molar-refractivity contribution in [2.75, 3.05) is 29.6 Å². The van der Waals surface area contributed by atoms with Gasteiger partial charge in [-0.1, -0.05) is 6.92 Å². The summed E-state index contributed by atoms with van der Waals surface area (Å²) in [6.45, 7) is 2.08. The van der Waals surface area contributed by atoms with Crippen molar-refractivity contribution in [2.24, 2.45) is 5.92 Å². The van der Waals surface area contributed by atoms with Crippen LogP contribution in [0.25, 0.3) is 0 Å². The Bertz CT molecular complexity index is 1180. The second kappa shape index (κ2) is 8.50. The normalized spacial score (nSPS) is 20.2. The largest absolute Gasteiger partial charge is 0.418 e. The minimum absolute atomic E-state index is 0.0606. The molecule has 33 heavy (non-hydrogen) atoms. The molecular weight excluding hydrogens is 469 g/mol. The minimum atomic E-state index is -4.78. The third-order valence-corrected chi connectivity index (χ3v) is 6.39. The maximum absolute atomic E-state index is 13.9. The molecule has 0 spiro atoms. The lowest BCUT2D eigenvalue weighted by molar-refractivity contribution is -0.138. The van der Waals surface area contributed by atoms with Crippen molar-refractivity contribution < 1.29 is 31.0 Å². The first kappa shape index (κ1) is 24.8. The Hall–Kier alpha value is -2.83. The average Bonchev–Trinajstić information content (AvgIpc) is 2.68. The zero-order valence-corrected chi connectivity index (χ0v) is 18.8. The van der Waals surface area contributed by atoms with Crippen molar-refractivity contribution >= 4 is 27.1 Å². The molecule has 7 nitrogen and oxygen atoms in total. The molecule has 1 aliphatic rings. The van der Waals surface area contributed by atoms with E-state index in [1.807, 2.05) is 0 Å². The second-order valence-electron chi connectivity index (χ2n) is 8.03. The molecular formula is C20H22F5N5O2S. The molecule has 1 fully saturated rings. The average molecular weight is 491 g/mol. The summed E-state index contributed by atoms with van der Waals surface area (Å²) in [5, 5.41) is 2.29. The van der Waals surface area contributed by atoms with Gasteiger partial charge in [-0.3, -0.25) is 4.79 Å². The number of carbonyl (C=O) groups excluding carboxylic acids is 1. The molecule has 180 valence electrons. The molecule has 1 amide bonds. The molecule has 2 aromatic heterocycles. The Morgan fingerprint density at radius 1 is 1.33 bits per heavy atom. The van der Waals surface area contributed by atoms with E-state index in [4.69, 9.17) is 4.78 Å². The van der Waals surface area contributed by atoms with E-state index in [-0.39, 0.29) is 35.3 Å². The van der Waals surface area contributed by atoms with E-state index < -0.39 is 51.2 Å². The maximum atomic E-state index is 13.9. The molecule has 13 heteroatoms. The van der Waals surface area contributed by atoms with Crippen molar-refractivity contribution in [3.8, 4) is 0 Å². The van der Waals surface area contributed by atoms with Crippen LogP contribution in [0.2, 0.25) is 0 Å². The molecule has 3 rings (SSSR count). The molecule has 2 N–H and O–H groups in total. The first-order valence-corrected chi connectivity index (χ1v) is 11.8. The quantitative estimate of drug-likeness (QED) is 0.611. The Morgan fingerprint density at radius 3 is 2.58 bits per heavy atom. The van der Waals surface area contributed by atoms with Crippen molar-refractivity contribution in [3.05, 3.63) is 41.2 Å². The fourth-order valence-electron chi connectivity index (χ4n) is 3.46. The number of pyridine rings is 2. The molecule has 2 aromatic rings. The van der Waals surface area contributed by atoms with Gasteiger partial charge in [-0.2, -0.15) is 13.2 Å². The van der Waals surface area contributed by atoms with E-state index >= 15 is 0 Å². The van der Waals surface area contributed by atoms with Gasteiger partial charge in [-0.25, -0.2) is 27.7 Å². The topological polar surface area (TPSA) is 99.0 Å². The van der Waals surface area contributed by atoms with Gasteiger partial charge in [0.05, 0.1) is 26.5 Å². The number of hydrogen-bond donors (Lipinski definition) is 2. The van der Waals surface area contributed by atoms with Crippen LogP contribution in [0, 0.1) is 17.6 Å². The number of nitrogens with zero attached hydrogens (tertiary/aromatic N) is 3. The minimum Gasteiger partial charge on any atom is -0.355 e. The highest BCUT2D eigenvalue weighted by molar-refractivity contribution is 7.91. The van der Waals surface area contributed by atoms with Crippen LogP contribution in [0.1, 0.15) is 35.0 Å². The van der Waals surface area contributed by atoms with Crippen LogP contribution in [-0.2, 0) is 15.9 Å². The number of anilines is 2. The molecule has 2 atom stereocenters. The lowest BCUT2D eigenvalue weighted by atomic mass is 9.95. The zero-order valence-electron chi connectivity index (χ0n) is 18.0. The lowest BCUT2D eigenvalue weighted by Crippen LogP contribution is -2.46. The van der Waals surface area contributed by atoms with Crippen LogP contribution in [0.4, 0.5) is 33.5 Å². The number of piperidine rings is 1. The van der Waals surface area contributed by atoms with Gasteiger partial charge in [0, 0.05) is 43.6 Å². The Balaban J connectivity index is 2.04. The summed E-state index contributed by atoms with van der Waals surface area (Å²) in [5.41, 5.74) is -1.88. The number of aromatic nitrogens is 2. The molecule has 1 saturated heterocycles. The molecule has 0 unspecified atom stereocenters. The number of hydrogen-bond acceptors (Lipinski definition) is 6. The van der Waals surface area contributed by atoms with Crippen molar-refractivity contribution in [1.29, 1.82) is 4.78 Å². The highest BCUT2D eigenvalue weighted by atomic mass is 32.2. The van der Waals surface area contributed by atoms with Crippen molar-refractivity contribution in [1.82, 2.24) is 9.97 Å². The number of alkyl halides is 5. The second-order valence-corrected chi connectivity index (χ2v) is 10.1. The molecule has 3 heterocycles. The van der Waals surface area contributed by atoms with Gasteiger partial charge >= 0.3 is 6.18 Å². The predicted molar refractivity (Wildman–Crippen MR) is 112 cm³/mol. The SMILES string of the molecule is Cc1nc(N2CCC(F)(F)[C@@H](C)C2)c(C(=O)Nc2ccnc([S@](C)(=N)=O)c2)cc1C(F)(F)F. The standard InChI is InChI=1S/C20H22F5N5O2S/c1-11-10-30(7-5-19(11,21)22)17-14(9-15(12(2)28-17)20(23,24)25)18(31)29-13-4-6-27-16(8-13)33(3,26)32/h4,6,8-9,11,26H,5,7,10H2,1-3H3,(H,27,29,31)/t11-,33+/m0/s1. The van der Waals surface area contributed by atoms with Gasteiger partial charge in [0.15, 0.2) is 0 Å². The van der Waals surface area contributed by atoms with Gasteiger partial charge in [-0.05, 0) is 25.1 Å². The first-order chi connectivity index (χ1) is 15.1. The fourth-order valence-corrected chi connectivity index (χ4v) is 4.08. The number of nitrogens with one attached hydrogen (secondary N) is 2. The molecule has 0 aliphatic carbocycles. The summed E-state index contributed by atoms with van der Waals surface area (Å²) in [4.78, 5) is 22.2. The van der Waals surface area contributed by atoms with Crippen LogP contribution in [-0.4, -0.2) is 45.4 Å². The highest BCUT2D eigenvalue weighted by Gasteiger charge is 2.43. The third-order valence-electron chi connectivity index (χ3n) is 5.36. The summed E-state index contributed by atoms with van der Waals surface area (Å²) < 4.78 is 87.9. The Labute approximate surface area is 187 Å². The van der Waals surface area contributed by atoms with Crippen molar-refractivity contribution in [2.45, 2.75) is 37.4 Å². The summed E-state index contributed by atoms with van der Waals surface area (Å²) in [5.74, 6) is -5.12. The summed E-state index contributed by atoms with van der Waals surface area (Å²) in [7, 11) is -3.20. The molecule has 0 saturated carbocycles. The van der Waals surface area contributed by atoms with E-state index in [2.05, 4.69) is 15.3 Å². The van der Waals surface area contributed by atoms with Crippen LogP contribution >= 0.6 is 0 Å². The third kappa shape index (κ3) is 5.40. The van der Waals surface area contributed by atoms with E-state index in [1.54, 1.807) is 0 Å². The molecule has 0 bridgehead atoms. The van der Waals surface area contributed by atoms with Crippen LogP contribution in [0.5, 0.6) is 0 Å². The van der Waals surface area contributed by atoms with Gasteiger partial charge in [0.2, 0.25) is 0 Å². The van der Waals surface area contributed by atoms with Gasteiger partial charge < -0.3 is 10.2 Å².